The largest absolute Gasteiger partial charge is 0.468 e. The van der Waals surface area contributed by atoms with Gasteiger partial charge in [0.15, 0.2) is 6.79 Å². The summed E-state index contributed by atoms with van der Waals surface area (Å²) in [6.07, 6.45) is 1.36. The van der Waals surface area contributed by atoms with Crippen molar-refractivity contribution in [3.63, 3.8) is 0 Å². The number of sulfone groups is 1. The quantitative estimate of drug-likeness (QED) is 0.0901. The van der Waals surface area contributed by atoms with Gasteiger partial charge in [-0.25, -0.2) is 16.8 Å². The minimum atomic E-state index is -5.67. The smallest absolute Gasteiger partial charge is 0.453 e. The van der Waals surface area contributed by atoms with Gasteiger partial charge < -0.3 is 9.47 Å². The van der Waals surface area contributed by atoms with E-state index < -0.39 is 63.1 Å². The van der Waals surface area contributed by atoms with Gasteiger partial charge >= 0.3 is 22.5 Å². The molecule has 49 heavy (non-hydrogen) atoms. The van der Waals surface area contributed by atoms with Crippen LogP contribution in [0.1, 0.15) is 107 Å². The van der Waals surface area contributed by atoms with Crippen molar-refractivity contribution in [3.8, 4) is 5.75 Å². The van der Waals surface area contributed by atoms with Gasteiger partial charge in [-0.2, -0.15) is 30.4 Å². The lowest BCUT2D eigenvalue weighted by Gasteiger charge is -2.53. The summed E-state index contributed by atoms with van der Waals surface area (Å²) in [6.45, 7) is 2.34. The van der Waals surface area contributed by atoms with Crippen molar-refractivity contribution in [1.29, 1.82) is 0 Å². The highest BCUT2D eigenvalue weighted by Crippen LogP contribution is 2.65. The number of hydrogen-bond donors (Lipinski definition) is 0. The van der Waals surface area contributed by atoms with Gasteiger partial charge in [0.1, 0.15) is 27.8 Å². The van der Waals surface area contributed by atoms with Crippen LogP contribution < -0.4 is 4.74 Å². The fraction of sp³-hybridized carbons (Fsp3) is 0.824. The zero-order valence-corrected chi connectivity index (χ0v) is 29.8. The third kappa shape index (κ3) is 8.92. The monoisotopic (exact) mass is 744 g/mol. The molecule has 0 bridgehead atoms. The average molecular weight is 745 g/mol. The SMILES string of the molecule is COCOc1ccc2c(c1)C[C@@H](CCCCCCCCCS(=O)(=O)CCCC(F)(F)C(F)(F)F)[C@@H]1[C@@H]2CC[C@@]2(C)[C@H]1C[C@@H]1OS(=O)(=O)O[C@@H]12. The van der Waals surface area contributed by atoms with E-state index in [1.54, 1.807) is 7.11 Å². The van der Waals surface area contributed by atoms with Crippen LogP contribution in [-0.4, -0.2) is 66.6 Å². The van der Waals surface area contributed by atoms with E-state index in [-0.39, 0.29) is 23.9 Å². The third-order valence-corrected chi connectivity index (χ3v) is 14.2. The molecule has 2 saturated carbocycles. The number of rotatable bonds is 17. The Kier molecular flexibility index (Phi) is 12.0. The first kappa shape index (κ1) is 38.7. The Labute approximate surface area is 287 Å². The molecular weight excluding hydrogens is 695 g/mol. The van der Waals surface area contributed by atoms with Gasteiger partial charge in [-0.15, -0.1) is 0 Å². The molecule has 8 nitrogen and oxygen atoms in total. The normalized spacial score (nSPS) is 30.8. The van der Waals surface area contributed by atoms with Gasteiger partial charge in [-0.05, 0) is 91.9 Å². The first-order chi connectivity index (χ1) is 23.0. The number of methoxy groups -OCH3 is 1. The Bertz CT molecular complexity index is 1500. The van der Waals surface area contributed by atoms with Crippen LogP contribution in [0.25, 0.3) is 0 Å². The molecule has 15 heteroatoms. The van der Waals surface area contributed by atoms with E-state index in [2.05, 4.69) is 19.1 Å². The standard InChI is InChI=1S/C34H49F5O8S2/c1-32-16-14-27-26-13-12-25(45-22-44-2)20-24(26)19-23(30(27)28(32)21-29-31(32)47-49(42,43)46-29)11-8-6-4-3-5-7-9-17-48(40,41)18-10-15-33(35,36)34(37,38)39/h12-13,20,23,27-31H,3-11,14-19,21-22H2,1-2H3/t23-,27-,28+,29+,30-,31+,32+/m1/s1. The van der Waals surface area contributed by atoms with Crippen molar-refractivity contribution < 1.29 is 56.6 Å². The van der Waals surface area contributed by atoms with Gasteiger partial charge in [-0.1, -0.05) is 51.5 Å². The summed E-state index contributed by atoms with van der Waals surface area (Å²) in [7, 11) is -6.06. The van der Waals surface area contributed by atoms with Gasteiger partial charge in [0.25, 0.3) is 0 Å². The molecule has 1 aliphatic heterocycles. The summed E-state index contributed by atoms with van der Waals surface area (Å²) in [4.78, 5) is 0. The number of hydrogen-bond acceptors (Lipinski definition) is 8. The highest BCUT2D eigenvalue weighted by molar-refractivity contribution is 7.91. The maximum absolute atomic E-state index is 13.1. The molecule has 1 heterocycles. The van der Waals surface area contributed by atoms with E-state index in [1.807, 2.05) is 6.07 Å². The number of unbranched alkanes of at least 4 members (excludes halogenated alkanes) is 6. The van der Waals surface area contributed by atoms with Crippen molar-refractivity contribution in [2.24, 2.45) is 23.2 Å². The molecule has 280 valence electrons. The molecule has 0 unspecified atom stereocenters. The summed E-state index contributed by atoms with van der Waals surface area (Å²) in [5, 5.41) is 0. The zero-order valence-electron chi connectivity index (χ0n) is 28.2. The van der Waals surface area contributed by atoms with Crippen LogP contribution in [-0.2, 0) is 39.8 Å². The fourth-order valence-electron chi connectivity index (χ4n) is 9.15. The number of alkyl halides is 5. The topological polar surface area (TPSA) is 105 Å². The summed E-state index contributed by atoms with van der Waals surface area (Å²) in [5.41, 5.74) is 2.36. The van der Waals surface area contributed by atoms with Gasteiger partial charge in [-0.3, -0.25) is 0 Å². The van der Waals surface area contributed by atoms with E-state index in [0.717, 1.165) is 63.5 Å². The number of ether oxygens (including phenoxy) is 2. The second kappa shape index (κ2) is 15.2. The Balaban J connectivity index is 1.10. The molecule has 3 fully saturated rings. The lowest BCUT2D eigenvalue weighted by atomic mass is 9.52. The Morgan fingerprint density at radius 3 is 2.33 bits per heavy atom. The molecule has 1 saturated heterocycles. The summed E-state index contributed by atoms with van der Waals surface area (Å²) >= 11 is 0. The predicted octanol–water partition coefficient (Wildman–Crippen LogP) is 7.90. The number of benzene rings is 1. The van der Waals surface area contributed by atoms with Gasteiger partial charge in [0.05, 0.1) is 11.5 Å². The van der Waals surface area contributed by atoms with E-state index in [4.69, 9.17) is 17.8 Å². The highest BCUT2D eigenvalue weighted by Gasteiger charge is 2.65. The maximum Gasteiger partial charge on any atom is 0.453 e. The highest BCUT2D eigenvalue weighted by atomic mass is 32.3. The van der Waals surface area contributed by atoms with E-state index in [9.17, 15) is 38.8 Å². The van der Waals surface area contributed by atoms with Gasteiger partial charge in [0, 0.05) is 18.9 Å². The van der Waals surface area contributed by atoms with Crippen LogP contribution in [0.3, 0.4) is 0 Å². The van der Waals surface area contributed by atoms with Crippen LogP contribution in [0.5, 0.6) is 5.75 Å². The molecule has 3 aliphatic carbocycles. The van der Waals surface area contributed by atoms with Crippen LogP contribution in [0.2, 0.25) is 0 Å². The lowest BCUT2D eigenvalue weighted by molar-refractivity contribution is -0.284. The van der Waals surface area contributed by atoms with Crippen molar-refractivity contribution in [1.82, 2.24) is 0 Å². The van der Waals surface area contributed by atoms with Crippen molar-refractivity contribution in [3.05, 3.63) is 29.3 Å². The summed E-state index contributed by atoms with van der Waals surface area (Å²) in [5.74, 6) is -3.58. The molecule has 0 N–H and O–H groups in total. The van der Waals surface area contributed by atoms with Crippen molar-refractivity contribution >= 4 is 20.2 Å². The lowest BCUT2D eigenvalue weighted by Crippen LogP contribution is -2.47. The van der Waals surface area contributed by atoms with Crippen LogP contribution in [0.4, 0.5) is 22.0 Å². The molecule has 0 aromatic heterocycles. The maximum atomic E-state index is 13.1. The molecule has 0 radical (unpaired) electrons. The Morgan fingerprint density at radius 1 is 0.959 bits per heavy atom. The fourth-order valence-corrected chi connectivity index (χ4v) is 11.7. The summed E-state index contributed by atoms with van der Waals surface area (Å²) < 4.78 is 133. The molecule has 0 amide bonds. The predicted molar refractivity (Wildman–Crippen MR) is 172 cm³/mol. The third-order valence-electron chi connectivity index (χ3n) is 11.5. The summed E-state index contributed by atoms with van der Waals surface area (Å²) in [6, 6.07) is 6.31. The molecule has 4 aliphatic rings. The molecule has 0 spiro atoms. The molecule has 5 rings (SSSR count). The van der Waals surface area contributed by atoms with Crippen LogP contribution >= 0.6 is 0 Å². The average Bonchev–Trinajstić information content (AvgIpc) is 3.47. The minimum absolute atomic E-state index is 0.170. The van der Waals surface area contributed by atoms with Crippen molar-refractivity contribution in [2.45, 2.75) is 127 Å². The van der Waals surface area contributed by atoms with Crippen molar-refractivity contribution in [2.75, 3.05) is 25.4 Å². The minimum Gasteiger partial charge on any atom is -0.468 e. The first-order valence-corrected chi connectivity index (χ1v) is 20.6. The van der Waals surface area contributed by atoms with Gasteiger partial charge in [0.2, 0.25) is 0 Å². The van der Waals surface area contributed by atoms with E-state index in [0.29, 0.717) is 37.0 Å². The van der Waals surface area contributed by atoms with E-state index in [1.165, 1.54) is 11.1 Å². The molecular formula is C34H49F5O8S2. The molecule has 1 aromatic rings. The van der Waals surface area contributed by atoms with Crippen LogP contribution in [0.15, 0.2) is 18.2 Å². The Morgan fingerprint density at radius 2 is 1.63 bits per heavy atom. The molecule has 1 aromatic carbocycles. The Hall–Kier alpha value is -1.55. The van der Waals surface area contributed by atoms with E-state index >= 15 is 0 Å². The van der Waals surface area contributed by atoms with Crippen LogP contribution in [0, 0.1) is 23.2 Å². The number of halogens is 5. The zero-order chi connectivity index (χ0) is 35.7. The molecule has 7 atom stereocenters. The second-order valence-electron chi connectivity index (χ2n) is 14.7. The second-order valence-corrected chi connectivity index (χ2v) is 18.2. The first-order valence-electron chi connectivity index (χ1n) is 17.5. The number of fused-ring (bicyclic) bond motifs is 7.